The predicted molar refractivity (Wildman–Crippen MR) is 98.5 cm³/mol. The molecule has 1 fully saturated rings. The van der Waals surface area contributed by atoms with Crippen LogP contribution in [0.4, 0.5) is 0 Å². The molecule has 7 nitrogen and oxygen atoms in total. The van der Waals surface area contributed by atoms with E-state index in [-0.39, 0.29) is 48.4 Å². The Labute approximate surface area is 155 Å². The van der Waals surface area contributed by atoms with Crippen molar-refractivity contribution in [3.63, 3.8) is 0 Å². The molecule has 0 spiro atoms. The van der Waals surface area contributed by atoms with Crippen LogP contribution in [0.2, 0.25) is 0 Å². The molecule has 0 unspecified atom stereocenters. The minimum atomic E-state index is -3.66. The molecule has 2 rings (SSSR count). The van der Waals surface area contributed by atoms with Gasteiger partial charge in [0.1, 0.15) is 0 Å². The van der Waals surface area contributed by atoms with Crippen LogP contribution in [0, 0.1) is 0 Å². The van der Waals surface area contributed by atoms with Crippen molar-refractivity contribution in [3.8, 4) is 0 Å². The van der Waals surface area contributed by atoms with E-state index >= 15 is 0 Å². The number of amides is 1. The van der Waals surface area contributed by atoms with Gasteiger partial charge in [-0.1, -0.05) is 6.07 Å². The normalized spacial score (nSPS) is 20.6. The smallest absolute Gasteiger partial charge is 0.251 e. The molecule has 1 aliphatic rings. The van der Waals surface area contributed by atoms with Gasteiger partial charge >= 0.3 is 0 Å². The number of nitrogens with two attached hydrogens (primary N) is 1. The summed E-state index contributed by atoms with van der Waals surface area (Å²) < 4.78 is 31.6. The van der Waals surface area contributed by atoms with Crippen LogP contribution in [0.1, 0.15) is 36.0 Å². The number of carbonyl (C=O) groups excluding carboxylic acids is 1. The van der Waals surface area contributed by atoms with Gasteiger partial charge in [0.15, 0.2) is 0 Å². The Morgan fingerprint density at radius 2 is 1.96 bits per heavy atom. The van der Waals surface area contributed by atoms with Crippen molar-refractivity contribution in [1.29, 1.82) is 0 Å². The standard InChI is InChI=1S/C16H25N3O4S.ClH/c1-23-10-9-18-24(21,22)15-4-2-3-12(11-15)16(20)19-14-7-5-13(17)6-8-14;/h2-4,11,13-14,18H,5-10,17H2,1H3,(H,19,20);1H. The maximum atomic E-state index is 12.4. The number of hydrogen-bond donors (Lipinski definition) is 3. The zero-order valence-corrected chi connectivity index (χ0v) is 15.9. The second-order valence-corrected chi connectivity index (χ2v) is 7.77. The molecule has 1 amide bonds. The quantitative estimate of drug-likeness (QED) is 0.601. The molecule has 0 radical (unpaired) electrons. The van der Waals surface area contributed by atoms with Gasteiger partial charge in [-0.2, -0.15) is 0 Å². The van der Waals surface area contributed by atoms with Gasteiger partial charge in [-0.15, -0.1) is 12.4 Å². The molecule has 1 aromatic rings. The van der Waals surface area contributed by atoms with Crippen LogP contribution in [0.5, 0.6) is 0 Å². The van der Waals surface area contributed by atoms with E-state index in [0.29, 0.717) is 5.56 Å². The number of hydrogen-bond acceptors (Lipinski definition) is 5. The van der Waals surface area contributed by atoms with E-state index in [1.165, 1.54) is 19.2 Å². The molecule has 142 valence electrons. The molecular formula is C16H26ClN3O4S. The molecular weight excluding hydrogens is 366 g/mol. The second kappa shape index (κ2) is 10.1. The number of halogens is 1. The van der Waals surface area contributed by atoms with Crippen molar-refractivity contribution in [2.24, 2.45) is 5.73 Å². The number of sulfonamides is 1. The lowest BCUT2D eigenvalue weighted by Crippen LogP contribution is -2.40. The minimum absolute atomic E-state index is 0. The Balaban J connectivity index is 0.00000312. The average Bonchev–Trinajstić information content (AvgIpc) is 2.57. The Morgan fingerprint density at radius 1 is 1.28 bits per heavy atom. The van der Waals surface area contributed by atoms with Crippen LogP contribution in [0.25, 0.3) is 0 Å². The third-order valence-corrected chi connectivity index (χ3v) is 5.57. The van der Waals surface area contributed by atoms with Crippen molar-refractivity contribution in [2.75, 3.05) is 20.3 Å². The molecule has 0 aromatic heterocycles. The molecule has 0 aliphatic heterocycles. The molecule has 1 aliphatic carbocycles. The minimum Gasteiger partial charge on any atom is -0.383 e. The van der Waals surface area contributed by atoms with E-state index in [4.69, 9.17) is 10.5 Å². The maximum Gasteiger partial charge on any atom is 0.251 e. The summed E-state index contributed by atoms with van der Waals surface area (Å²) in [6.07, 6.45) is 3.48. The van der Waals surface area contributed by atoms with Crippen molar-refractivity contribution in [1.82, 2.24) is 10.0 Å². The van der Waals surface area contributed by atoms with Gasteiger partial charge in [0, 0.05) is 31.3 Å². The Hall–Kier alpha value is -1.19. The molecule has 1 aromatic carbocycles. The molecule has 0 atom stereocenters. The van der Waals surface area contributed by atoms with E-state index in [1.54, 1.807) is 12.1 Å². The van der Waals surface area contributed by atoms with Crippen molar-refractivity contribution < 1.29 is 17.9 Å². The van der Waals surface area contributed by atoms with E-state index in [2.05, 4.69) is 10.0 Å². The predicted octanol–water partition coefficient (Wildman–Crippen LogP) is 1.03. The first-order valence-electron chi connectivity index (χ1n) is 8.07. The summed E-state index contributed by atoms with van der Waals surface area (Å²) in [5.41, 5.74) is 6.19. The van der Waals surface area contributed by atoms with Gasteiger partial charge in [0.05, 0.1) is 11.5 Å². The fourth-order valence-corrected chi connectivity index (χ4v) is 3.76. The van der Waals surface area contributed by atoms with Crippen LogP contribution in [0.3, 0.4) is 0 Å². The molecule has 4 N–H and O–H groups in total. The maximum absolute atomic E-state index is 12.4. The summed E-state index contributed by atoms with van der Waals surface area (Å²) in [6.45, 7) is 0.459. The number of methoxy groups -OCH3 is 1. The Kier molecular flexibility index (Phi) is 8.81. The van der Waals surface area contributed by atoms with Crippen LogP contribution in [-0.2, 0) is 14.8 Å². The lowest BCUT2D eigenvalue weighted by molar-refractivity contribution is 0.0925. The lowest BCUT2D eigenvalue weighted by Gasteiger charge is -2.26. The number of carbonyl (C=O) groups is 1. The molecule has 25 heavy (non-hydrogen) atoms. The monoisotopic (exact) mass is 391 g/mol. The third kappa shape index (κ3) is 6.56. The van der Waals surface area contributed by atoms with Crippen LogP contribution in [0.15, 0.2) is 29.2 Å². The fourth-order valence-electron chi connectivity index (χ4n) is 2.70. The Morgan fingerprint density at radius 3 is 2.60 bits per heavy atom. The van der Waals surface area contributed by atoms with Gasteiger partial charge in [-0.3, -0.25) is 4.79 Å². The Bertz CT molecular complexity index is 661. The first-order valence-corrected chi connectivity index (χ1v) is 9.56. The van der Waals surface area contributed by atoms with Crippen molar-refractivity contribution in [2.45, 2.75) is 42.7 Å². The largest absolute Gasteiger partial charge is 0.383 e. The third-order valence-electron chi connectivity index (χ3n) is 4.11. The van der Waals surface area contributed by atoms with E-state index in [9.17, 15) is 13.2 Å². The summed E-state index contributed by atoms with van der Waals surface area (Å²) in [7, 11) is -2.16. The fraction of sp³-hybridized carbons (Fsp3) is 0.562. The number of nitrogens with one attached hydrogen (secondary N) is 2. The van der Waals surface area contributed by atoms with Crippen molar-refractivity contribution >= 4 is 28.3 Å². The van der Waals surface area contributed by atoms with E-state index in [0.717, 1.165) is 25.7 Å². The highest BCUT2D eigenvalue weighted by atomic mass is 35.5. The summed E-state index contributed by atoms with van der Waals surface area (Å²) in [6, 6.07) is 6.33. The number of rotatable bonds is 7. The zero-order chi connectivity index (χ0) is 17.6. The average molecular weight is 392 g/mol. The first-order chi connectivity index (χ1) is 11.4. The number of ether oxygens (including phenoxy) is 1. The van der Waals surface area contributed by atoms with Crippen LogP contribution in [-0.4, -0.2) is 46.7 Å². The van der Waals surface area contributed by atoms with Crippen molar-refractivity contribution in [3.05, 3.63) is 29.8 Å². The second-order valence-electron chi connectivity index (χ2n) is 6.00. The lowest BCUT2D eigenvalue weighted by atomic mass is 9.91. The molecule has 0 saturated heterocycles. The molecule has 0 heterocycles. The molecule has 1 saturated carbocycles. The summed E-state index contributed by atoms with van der Waals surface area (Å²) in [5, 5.41) is 2.96. The van der Waals surface area contributed by atoms with Gasteiger partial charge < -0.3 is 15.8 Å². The SMILES string of the molecule is COCCNS(=O)(=O)c1cccc(C(=O)NC2CCC(N)CC2)c1.Cl. The summed E-state index contributed by atoms with van der Waals surface area (Å²) in [5.74, 6) is -0.260. The highest BCUT2D eigenvalue weighted by Crippen LogP contribution is 2.18. The highest BCUT2D eigenvalue weighted by Gasteiger charge is 2.21. The molecule has 0 bridgehead atoms. The van der Waals surface area contributed by atoms with Gasteiger partial charge in [0.25, 0.3) is 5.91 Å². The topological polar surface area (TPSA) is 111 Å². The molecule has 9 heteroatoms. The zero-order valence-electron chi connectivity index (χ0n) is 14.2. The van der Waals surface area contributed by atoms with E-state index < -0.39 is 10.0 Å². The first kappa shape index (κ1) is 21.9. The summed E-state index contributed by atoms with van der Waals surface area (Å²) >= 11 is 0. The highest BCUT2D eigenvalue weighted by molar-refractivity contribution is 7.89. The van der Waals surface area contributed by atoms with Crippen LogP contribution >= 0.6 is 12.4 Å². The van der Waals surface area contributed by atoms with Crippen LogP contribution < -0.4 is 15.8 Å². The van der Waals surface area contributed by atoms with Gasteiger partial charge in [-0.05, 0) is 43.9 Å². The number of benzene rings is 1. The van der Waals surface area contributed by atoms with Gasteiger partial charge in [0.2, 0.25) is 10.0 Å². The summed E-state index contributed by atoms with van der Waals surface area (Å²) in [4.78, 5) is 12.4. The van der Waals surface area contributed by atoms with E-state index in [1.807, 2.05) is 0 Å². The van der Waals surface area contributed by atoms with Gasteiger partial charge in [-0.25, -0.2) is 13.1 Å².